The second-order valence-electron chi connectivity index (χ2n) is 8.44. The zero-order chi connectivity index (χ0) is 20.4. The molecule has 0 aliphatic carbocycles. The van der Waals surface area contributed by atoms with Crippen molar-refractivity contribution < 1.29 is 0 Å². The third kappa shape index (κ3) is 7.41. The third-order valence-corrected chi connectivity index (χ3v) is 6.05. The van der Waals surface area contributed by atoms with E-state index in [1.165, 1.54) is 42.4 Å². The summed E-state index contributed by atoms with van der Waals surface area (Å²) in [5.74, 6) is 0.442. The number of benzene rings is 3. The maximum Gasteiger partial charge on any atom is 0.0267 e. The lowest BCUT2D eigenvalue weighted by molar-refractivity contribution is 0.241. The first-order valence-corrected chi connectivity index (χ1v) is 11.1. The first-order valence-electron chi connectivity index (χ1n) is 11.1. The van der Waals surface area contributed by atoms with Gasteiger partial charge < -0.3 is 5.73 Å². The van der Waals surface area contributed by atoms with E-state index in [4.69, 9.17) is 5.73 Å². The summed E-state index contributed by atoms with van der Waals surface area (Å²) in [6.07, 6.45) is 7.81. The van der Waals surface area contributed by atoms with Crippen LogP contribution in [0.5, 0.6) is 0 Å². The van der Waals surface area contributed by atoms with Gasteiger partial charge in [0.25, 0.3) is 0 Å². The molecule has 1 atom stereocenters. The lowest BCUT2D eigenvalue weighted by Gasteiger charge is -2.39. The average Bonchev–Trinajstić information content (AvgIpc) is 2.75. The molecule has 2 N–H and O–H groups in total. The summed E-state index contributed by atoms with van der Waals surface area (Å²) in [6, 6.07) is 32.4. The Balaban J connectivity index is 0.00000320. The van der Waals surface area contributed by atoms with Gasteiger partial charge in [-0.2, -0.15) is 0 Å². The molecule has 1 nitrogen and oxygen atoms in total. The van der Waals surface area contributed by atoms with Crippen LogP contribution in [-0.2, 0) is 19.3 Å². The van der Waals surface area contributed by atoms with E-state index in [0.29, 0.717) is 5.92 Å². The van der Waals surface area contributed by atoms with Crippen molar-refractivity contribution in [2.45, 2.75) is 57.4 Å². The number of unbranched alkanes of at least 4 members (excludes halogenated alkanes) is 2. The van der Waals surface area contributed by atoms with Gasteiger partial charge in [0, 0.05) is 5.54 Å². The summed E-state index contributed by atoms with van der Waals surface area (Å²) in [5.41, 5.74) is 11.1. The lowest BCUT2D eigenvalue weighted by Crippen LogP contribution is -2.52. The van der Waals surface area contributed by atoms with Crippen molar-refractivity contribution >= 4 is 17.0 Å². The van der Waals surface area contributed by atoms with Crippen LogP contribution < -0.4 is 5.73 Å². The topological polar surface area (TPSA) is 26.0 Å². The van der Waals surface area contributed by atoms with Crippen LogP contribution in [0.4, 0.5) is 0 Å². The molecule has 0 aromatic heterocycles. The maximum absolute atomic E-state index is 7.34. The van der Waals surface area contributed by atoms with Crippen molar-refractivity contribution in [1.82, 2.24) is 0 Å². The van der Waals surface area contributed by atoms with Gasteiger partial charge in [0.15, 0.2) is 0 Å². The fourth-order valence-electron chi connectivity index (χ4n) is 4.44. The van der Waals surface area contributed by atoms with Crippen LogP contribution in [0, 0.1) is 5.92 Å². The molecule has 0 saturated carbocycles. The molecule has 0 heterocycles. The van der Waals surface area contributed by atoms with Crippen LogP contribution >= 0.6 is 17.0 Å². The number of rotatable bonds is 11. The Morgan fingerprint density at radius 3 is 1.53 bits per heavy atom. The SMILES string of the molecule is Br.CCCCCC(Cc1ccccc1)C(N)(Cc1ccccc1)Cc1ccccc1. The number of hydrogen-bond donors (Lipinski definition) is 1. The highest BCUT2D eigenvalue weighted by atomic mass is 79.9. The van der Waals surface area contributed by atoms with Crippen molar-refractivity contribution in [1.29, 1.82) is 0 Å². The molecule has 0 bridgehead atoms. The molecule has 0 spiro atoms. The van der Waals surface area contributed by atoms with Gasteiger partial charge >= 0.3 is 0 Å². The molecule has 0 aliphatic heterocycles. The average molecular weight is 467 g/mol. The molecule has 2 heteroatoms. The largest absolute Gasteiger partial charge is 0.324 e. The fourth-order valence-corrected chi connectivity index (χ4v) is 4.44. The standard InChI is InChI=1S/C28H35N.BrH/c1-2-3-7-20-27(21-24-14-8-4-9-15-24)28(29,22-25-16-10-5-11-17-25)23-26-18-12-6-13-19-26;/h4-6,8-19,27H,2-3,7,20-23,29H2,1H3;1H. The molecule has 3 rings (SSSR count). The van der Waals surface area contributed by atoms with Crippen LogP contribution in [0.2, 0.25) is 0 Å². The molecule has 0 amide bonds. The van der Waals surface area contributed by atoms with Gasteiger partial charge in [-0.3, -0.25) is 0 Å². The van der Waals surface area contributed by atoms with Gasteiger partial charge in [-0.1, -0.05) is 117 Å². The van der Waals surface area contributed by atoms with Crippen LogP contribution in [0.15, 0.2) is 91.0 Å². The summed E-state index contributed by atoms with van der Waals surface area (Å²) < 4.78 is 0. The van der Waals surface area contributed by atoms with Crippen LogP contribution in [0.1, 0.15) is 49.3 Å². The molecule has 0 fully saturated rings. The van der Waals surface area contributed by atoms with E-state index in [1.54, 1.807) is 0 Å². The Morgan fingerprint density at radius 1 is 0.667 bits per heavy atom. The first kappa shape index (κ1) is 24.4. The summed E-state index contributed by atoms with van der Waals surface area (Å²) in [5, 5.41) is 0. The summed E-state index contributed by atoms with van der Waals surface area (Å²) in [4.78, 5) is 0. The zero-order valence-electron chi connectivity index (χ0n) is 18.2. The predicted molar refractivity (Wildman–Crippen MR) is 135 cm³/mol. The molecular formula is C28H36BrN. The van der Waals surface area contributed by atoms with E-state index < -0.39 is 0 Å². The quantitative estimate of drug-likeness (QED) is 0.298. The van der Waals surface area contributed by atoms with E-state index in [9.17, 15) is 0 Å². The highest BCUT2D eigenvalue weighted by molar-refractivity contribution is 8.93. The molecule has 1 unspecified atom stereocenters. The van der Waals surface area contributed by atoms with Gasteiger partial charge in [0.2, 0.25) is 0 Å². The van der Waals surface area contributed by atoms with E-state index >= 15 is 0 Å². The van der Waals surface area contributed by atoms with Crippen LogP contribution in [0.25, 0.3) is 0 Å². The van der Waals surface area contributed by atoms with Crippen molar-refractivity contribution in [3.63, 3.8) is 0 Å². The van der Waals surface area contributed by atoms with Crippen LogP contribution in [0.3, 0.4) is 0 Å². The van der Waals surface area contributed by atoms with Crippen LogP contribution in [-0.4, -0.2) is 5.54 Å². The fraction of sp³-hybridized carbons (Fsp3) is 0.357. The van der Waals surface area contributed by atoms with E-state index in [1.807, 2.05) is 0 Å². The second kappa shape index (κ2) is 12.7. The summed E-state index contributed by atoms with van der Waals surface area (Å²) >= 11 is 0. The lowest BCUT2D eigenvalue weighted by atomic mass is 9.71. The minimum Gasteiger partial charge on any atom is -0.324 e. The zero-order valence-corrected chi connectivity index (χ0v) is 19.9. The van der Waals surface area contributed by atoms with Crippen molar-refractivity contribution in [2.75, 3.05) is 0 Å². The molecule has 30 heavy (non-hydrogen) atoms. The smallest absolute Gasteiger partial charge is 0.0267 e. The number of halogens is 1. The van der Waals surface area contributed by atoms with Gasteiger partial charge in [-0.25, -0.2) is 0 Å². The van der Waals surface area contributed by atoms with E-state index in [-0.39, 0.29) is 22.5 Å². The number of nitrogens with two attached hydrogens (primary N) is 1. The monoisotopic (exact) mass is 465 g/mol. The Labute approximate surface area is 193 Å². The predicted octanol–water partition coefficient (Wildman–Crippen LogP) is 7.19. The molecule has 160 valence electrons. The van der Waals surface area contributed by atoms with Crippen molar-refractivity contribution in [3.8, 4) is 0 Å². The van der Waals surface area contributed by atoms with E-state index in [2.05, 4.69) is 97.9 Å². The summed E-state index contributed by atoms with van der Waals surface area (Å²) in [6.45, 7) is 2.27. The van der Waals surface area contributed by atoms with Gasteiger partial charge in [-0.05, 0) is 48.3 Å². The second-order valence-corrected chi connectivity index (χ2v) is 8.44. The highest BCUT2D eigenvalue weighted by Gasteiger charge is 2.35. The Hall–Kier alpha value is -1.90. The summed E-state index contributed by atoms with van der Waals surface area (Å²) in [7, 11) is 0. The normalized spacial score (nSPS) is 12.2. The molecule has 3 aromatic carbocycles. The molecule has 0 saturated heterocycles. The Kier molecular flexibility index (Phi) is 10.3. The van der Waals surface area contributed by atoms with Crippen molar-refractivity contribution in [2.24, 2.45) is 11.7 Å². The van der Waals surface area contributed by atoms with E-state index in [0.717, 1.165) is 19.3 Å². The Bertz CT molecular complexity index is 776. The number of hydrogen-bond acceptors (Lipinski definition) is 1. The minimum absolute atomic E-state index is 0. The van der Waals surface area contributed by atoms with Gasteiger partial charge in [0.05, 0.1) is 0 Å². The molecular weight excluding hydrogens is 430 g/mol. The molecule has 3 aromatic rings. The third-order valence-electron chi connectivity index (χ3n) is 6.05. The minimum atomic E-state index is -0.272. The highest BCUT2D eigenvalue weighted by Crippen LogP contribution is 2.32. The maximum atomic E-state index is 7.34. The van der Waals surface area contributed by atoms with Gasteiger partial charge in [-0.15, -0.1) is 17.0 Å². The van der Waals surface area contributed by atoms with Crippen molar-refractivity contribution in [3.05, 3.63) is 108 Å². The Morgan fingerprint density at radius 2 is 1.10 bits per heavy atom. The van der Waals surface area contributed by atoms with Gasteiger partial charge in [0.1, 0.15) is 0 Å². The molecule has 0 radical (unpaired) electrons. The first-order chi connectivity index (χ1) is 14.2. The molecule has 0 aliphatic rings.